The Morgan fingerprint density at radius 1 is 1.41 bits per heavy atom. The van der Waals surface area contributed by atoms with Crippen LogP contribution in [0.5, 0.6) is 0 Å². The number of thiophene rings is 1. The highest BCUT2D eigenvalue weighted by molar-refractivity contribution is 7.89. The third-order valence-corrected chi connectivity index (χ3v) is 6.39. The molecular weight excluding hydrogens is 303 g/mol. The van der Waals surface area contributed by atoms with Crippen molar-refractivity contribution >= 4 is 44.6 Å². The van der Waals surface area contributed by atoms with Gasteiger partial charge in [-0.2, -0.15) is 4.31 Å². The number of nitrogens with zero attached hydrogens (tertiary/aromatic N) is 1. The molecule has 0 radical (unpaired) electrons. The van der Waals surface area contributed by atoms with Crippen molar-refractivity contribution in [1.82, 2.24) is 4.31 Å². The predicted octanol–water partition coefficient (Wildman–Crippen LogP) is 2.51. The highest BCUT2D eigenvalue weighted by Crippen LogP contribution is 2.36. The summed E-state index contributed by atoms with van der Waals surface area (Å²) in [6.07, 6.45) is 1.98. The van der Waals surface area contributed by atoms with Gasteiger partial charge in [0.15, 0.2) is 0 Å². The Balaban J connectivity index is 2.39. The molecular formula is C9H12Cl2N2O2S2. The summed E-state index contributed by atoms with van der Waals surface area (Å²) >= 11 is 12.7. The number of halogens is 2. The molecule has 1 aliphatic heterocycles. The van der Waals surface area contributed by atoms with E-state index in [1.54, 1.807) is 0 Å². The smallest absolute Gasteiger partial charge is 0.246 e. The van der Waals surface area contributed by atoms with Crippen molar-refractivity contribution in [3.05, 3.63) is 14.7 Å². The highest BCUT2D eigenvalue weighted by Gasteiger charge is 2.33. The van der Waals surface area contributed by atoms with Crippen molar-refractivity contribution in [1.29, 1.82) is 0 Å². The fourth-order valence-electron chi connectivity index (χ4n) is 1.86. The number of piperidine rings is 1. The lowest BCUT2D eigenvalue weighted by molar-refractivity contribution is 0.258. The van der Waals surface area contributed by atoms with Gasteiger partial charge in [0, 0.05) is 6.54 Å². The van der Waals surface area contributed by atoms with Crippen LogP contribution in [-0.2, 0) is 10.0 Å². The van der Waals surface area contributed by atoms with Gasteiger partial charge in [0.1, 0.15) is 9.23 Å². The van der Waals surface area contributed by atoms with Crippen LogP contribution in [0.25, 0.3) is 0 Å². The van der Waals surface area contributed by atoms with Gasteiger partial charge in [-0.25, -0.2) is 8.42 Å². The van der Waals surface area contributed by atoms with Gasteiger partial charge in [-0.15, -0.1) is 11.3 Å². The van der Waals surface area contributed by atoms with E-state index < -0.39 is 16.2 Å². The van der Waals surface area contributed by atoms with Gasteiger partial charge in [0.05, 0.1) is 10.5 Å². The first kappa shape index (κ1) is 13.6. The summed E-state index contributed by atoms with van der Waals surface area (Å²) in [5, 5.41) is 0. The molecule has 0 aliphatic carbocycles. The minimum Gasteiger partial charge on any atom is -0.315 e. The van der Waals surface area contributed by atoms with E-state index in [1.165, 1.54) is 10.4 Å². The zero-order valence-electron chi connectivity index (χ0n) is 8.90. The number of nitrogens with two attached hydrogens (primary N) is 1. The summed E-state index contributed by atoms with van der Waals surface area (Å²) < 4.78 is 26.5. The Morgan fingerprint density at radius 2 is 2.12 bits per heavy atom. The van der Waals surface area contributed by atoms with Gasteiger partial charge in [-0.3, -0.25) is 0 Å². The summed E-state index contributed by atoms with van der Waals surface area (Å²) in [6.45, 7) is 0.438. The molecule has 0 aromatic carbocycles. The van der Waals surface area contributed by atoms with E-state index in [-0.39, 0.29) is 9.23 Å². The first-order chi connectivity index (χ1) is 7.93. The quantitative estimate of drug-likeness (QED) is 0.912. The second-order valence-corrected chi connectivity index (χ2v) is 8.01. The second kappa shape index (κ2) is 5.03. The van der Waals surface area contributed by atoms with Gasteiger partial charge in [0.2, 0.25) is 10.0 Å². The van der Waals surface area contributed by atoms with Crippen molar-refractivity contribution in [3.63, 3.8) is 0 Å². The minimum atomic E-state index is -3.62. The molecule has 1 unspecified atom stereocenters. The zero-order valence-corrected chi connectivity index (χ0v) is 12.0. The molecule has 2 rings (SSSR count). The fraction of sp³-hybridized carbons (Fsp3) is 0.556. The highest BCUT2D eigenvalue weighted by atomic mass is 35.5. The number of hydrogen-bond acceptors (Lipinski definition) is 4. The van der Waals surface area contributed by atoms with Gasteiger partial charge in [0.25, 0.3) is 0 Å². The average molecular weight is 315 g/mol. The Labute approximate surface area is 114 Å². The van der Waals surface area contributed by atoms with Crippen LogP contribution < -0.4 is 5.73 Å². The minimum absolute atomic E-state index is 0.0616. The van der Waals surface area contributed by atoms with Crippen molar-refractivity contribution in [2.24, 2.45) is 5.73 Å². The van der Waals surface area contributed by atoms with Crippen molar-refractivity contribution in [2.75, 3.05) is 6.54 Å². The predicted molar refractivity (Wildman–Crippen MR) is 70.1 cm³/mol. The Bertz CT molecular complexity index is 515. The standard InChI is InChI=1S/C9H12Cl2N2O2S2/c10-7-5-6(9(11)16-7)17(14,15)13-4-2-1-3-8(13)12/h5,8H,1-4,12H2. The molecule has 0 bridgehead atoms. The molecule has 1 fully saturated rings. The number of sulfonamides is 1. The lowest BCUT2D eigenvalue weighted by atomic mass is 10.1. The summed E-state index contributed by atoms with van der Waals surface area (Å²) in [4.78, 5) is 0.0616. The molecule has 2 heterocycles. The first-order valence-corrected chi connectivity index (χ1v) is 8.16. The molecule has 4 nitrogen and oxygen atoms in total. The first-order valence-electron chi connectivity index (χ1n) is 5.15. The average Bonchev–Trinajstić information content (AvgIpc) is 2.59. The maximum absolute atomic E-state index is 12.3. The molecule has 0 saturated carbocycles. The van der Waals surface area contributed by atoms with Crippen LogP contribution in [0.3, 0.4) is 0 Å². The largest absolute Gasteiger partial charge is 0.315 e. The summed E-state index contributed by atoms with van der Waals surface area (Å²) in [5.41, 5.74) is 5.83. The molecule has 17 heavy (non-hydrogen) atoms. The lowest BCUT2D eigenvalue weighted by Gasteiger charge is -2.31. The maximum atomic E-state index is 12.3. The van der Waals surface area contributed by atoms with Crippen LogP contribution in [0.1, 0.15) is 19.3 Å². The van der Waals surface area contributed by atoms with E-state index in [0.29, 0.717) is 17.3 Å². The van der Waals surface area contributed by atoms with Gasteiger partial charge < -0.3 is 5.73 Å². The van der Waals surface area contributed by atoms with Crippen molar-refractivity contribution in [2.45, 2.75) is 30.3 Å². The normalized spacial score (nSPS) is 22.9. The van der Waals surface area contributed by atoms with Gasteiger partial charge in [-0.1, -0.05) is 23.2 Å². The molecule has 1 saturated heterocycles. The molecule has 1 aliphatic rings. The van der Waals surface area contributed by atoms with Crippen molar-refractivity contribution < 1.29 is 8.42 Å². The van der Waals surface area contributed by atoms with Gasteiger partial charge >= 0.3 is 0 Å². The van der Waals surface area contributed by atoms with Crippen LogP contribution >= 0.6 is 34.5 Å². The molecule has 96 valence electrons. The zero-order chi connectivity index (χ0) is 12.6. The molecule has 2 N–H and O–H groups in total. The third-order valence-electron chi connectivity index (χ3n) is 2.71. The van der Waals surface area contributed by atoms with Crippen molar-refractivity contribution in [3.8, 4) is 0 Å². The SMILES string of the molecule is NC1CCCCN1S(=O)(=O)c1cc(Cl)sc1Cl. The van der Waals surface area contributed by atoms with Crippen LogP contribution in [0, 0.1) is 0 Å². The van der Waals surface area contributed by atoms with E-state index in [9.17, 15) is 8.42 Å². The van der Waals surface area contributed by atoms with E-state index in [4.69, 9.17) is 28.9 Å². The molecule has 1 aromatic rings. The van der Waals surface area contributed by atoms with Gasteiger partial charge in [-0.05, 0) is 25.3 Å². The number of hydrogen-bond donors (Lipinski definition) is 1. The molecule has 8 heteroatoms. The summed E-state index contributed by atoms with van der Waals surface area (Å²) in [6, 6.07) is 1.38. The Morgan fingerprint density at radius 3 is 2.65 bits per heavy atom. The van der Waals surface area contributed by atoms with E-state index in [2.05, 4.69) is 0 Å². The monoisotopic (exact) mass is 314 g/mol. The molecule has 0 spiro atoms. The van der Waals surface area contributed by atoms with E-state index in [0.717, 1.165) is 24.2 Å². The third kappa shape index (κ3) is 2.62. The maximum Gasteiger partial charge on any atom is 0.246 e. The second-order valence-electron chi connectivity index (χ2n) is 3.87. The molecule has 1 aromatic heterocycles. The van der Waals surface area contributed by atoms with E-state index >= 15 is 0 Å². The van der Waals surface area contributed by atoms with Crippen LogP contribution in [0.2, 0.25) is 8.67 Å². The van der Waals surface area contributed by atoms with Crippen LogP contribution in [0.15, 0.2) is 11.0 Å². The Hall–Kier alpha value is 0.150. The van der Waals surface area contributed by atoms with E-state index in [1.807, 2.05) is 0 Å². The lowest BCUT2D eigenvalue weighted by Crippen LogP contribution is -2.48. The van der Waals surface area contributed by atoms with Crippen LogP contribution in [-0.4, -0.2) is 25.4 Å². The van der Waals surface area contributed by atoms with Crippen LogP contribution in [0.4, 0.5) is 0 Å². The molecule has 0 amide bonds. The molecule has 1 atom stereocenters. The fourth-order valence-corrected chi connectivity index (χ4v) is 5.55. The topological polar surface area (TPSA) is 63.4 Å². The number of rotatable bonds is 2. The Kier molecular flexibility index (Phi) is 4.02. The summed E-state index contributed by atoms with van der Waals surface area (Å²) in [5.74, 6) is 0. The summed E-state index contributed by atoms with van der Waals surface area (Å²) in [7, 11) is -3.62.